The molecule has 0 aliphatic carbocycles. The van der Waals surface area contributed by atoms with Crippen molar-refractivity contribution in [2.24, 2.45) is 5.41 Å². The lowest BCUT2D eigenvalue weighted by atomic mass is 9.64. The number of halogens is 6. The molecule has 0 amide bonds. The van der Waals surface area contributed by atoms with Gasteiger partial charge in [0.25, 0.3) is 0 Å². The lowest BCUT2D eigenvalue weighted by molar-refractivity contribution is -0.192. The average molecular weight is 609 g/mol. The number of nitriles is 1. The van der Waals surface area contributed by atoms with Gasteiger partial charge in [-0.3, -0.25) is 15.1 Å². The Morgan fingerprint density at radius 1 is 1.22 bits per heavy atom. The Morgan fingerprint density at radius 2 is 1.81 bits per heavy atom. The number of pyridine rings is 1. The topological polar surface area (TPSA) is 123 Å². The van der Waals surface area contributed by atoms with Gasteiger partial charge in [0.15, 0.2) is 0 Å². The summed E-state index contributed by atoms with van der Waals surface area (Å²) >= 11 is 9.36. The van der Waals surface area contributed by atoms with E-state index in [1.165, 1.54) is 12.1 Å². The molecule has 1 saturated heterocycles. The quantitative estimate of drug-likeness (QED) is 0.382. The van der Waals surface area contributed by atoms with E-state index >= 15 is 4.39 Å². The van der Waals surface area contributed by atoms with Gasteiger partial charge in [0.05, 0.1) is 16.8 Å². The van der Waals surface area contributed by atoms with E-state index in [1.807, 2.05) is 20.8 Å². The van der Waals surface area contributed by atoms with E-state index in [4.69, 9.17) is 21.5 Å². The molecular formula is C24H23BrClF4N3O4. The highest BCUT2D eigenvalue weighted by Gasteiger charge is 2.61. The van der Waals surface area contributed by atoms with Crippen LogP contribution in [0.3, 0.4) is 0 Å². The minimum absolute atomic E-state index is 0.0880. The molecule has 2 aromatic rings. The molecule has 1 aromatic heterocycles. The maximum atomic E-state index is 15.1. The van der Waals surface area contributed by atoms with Gasteiger partial charge in [-0.25, -0.2) is 9.18 Å². The third-order valence-corrected chi connectivity index (χ3v) is 6.49. The third kappa shape index (κ3) is 6.77. The second kappa shape index (κ2) is 11.3. The predicted octanol–water partition coefficient (Wildman–Crippen LogP) is 5.68. The molecule has 1 aromatic carbocycles. The third-order valence-electron chi connectivity index (χ3n) is 5.73. The van der Waals surface area contributed by atoms with Crippen LogP contribution in [-0.2, 0) is 15.0 Å². The van der Waals surface area contributed by atoms with E-state index < -0.39 is 47.3 Å². The second-order valence-electron chi connectivity index (χ2n) is 9.57. The van der Waals surface area contributed by atoms with Gasteiger partial charge >= 0.3 is 18.1 Å². The van der Waals surface area contributed by atoms with Gasteiger partial charge in [0.2, 0.25) is 0 Å². The van der Waals surface area contributed by atoms with Gasteiger partial charge in [-0.2, -0.15) is 18.4 Å². The van der Waals surface area contributed by atoms with E-state index in [1.54, 1.807) is 24.4 Å². The van der Waals surface area contributed by atoms with Gasteiger partial charge in [0, 0.05) is 22.6 Å². The molecule has 1 aliphatic heterocycles. The first-order valence-corrected chi connectivity index (χ1v) is 11.9. The first-order chi connectivity index (χ1) is 17.0. The Morgan fingerprint density at radius 3 is 2.24 bits per heavy atom. The van der Waals surface area contributed by atoms with E-state index in [0.29, 0.717) is 12.1 Å². The number of nitrogens with zero attached hydrogens (tertiary/aromatic N) is 2. The Balaban J connectivity index is 0.000000604. The fourth-order valence-corrected chi connectivity index (χ4v) is 4.74. The molecule has 37 heavy (non-hydrogen) atoms. The van der Waals surface area contributed by atoms with Gasteiger partial charge < -0.3 is 10.2 Å². The van der Waals surface area contributed by atoms with Crippen LogP contribution < -0.4 is 5.32 Å². The number of carbonyl (C=O) groups is 2. The van der Waals surface area contributed by atoms with Crippen LogP contribution in [0.15, 0.2) is 41.0 Å². The van der Waals surface area contributed by atoms with Crippen molar-refractivity contribution in [1.82, 2.24) is 10.3 Å². The summed E-state index contributed by atoms with van der Waals surface area (Å²) in [5.74, 6) is -5.66. The molecule has 3 rings (SSSR count). The molecule has 0 saturated carbocycles. The smallest absolute Gasteiger partial charge is 0.480 e. The zero-order valence-corrected chi connectivity index (χ0v) is 22.1. The van der Waals surface area contributed by atoms with E-state index in [2.05, 4.69) is 32.3 Å². The highest BCUT2D eigenvalue weighted by molar-refractivity contribution is 9.10. The molecule has 7 nitrogen and oxygen atoms in total. The number of hydrogen-bond donors (Lipinski definition) is 3. The van der Waals surface area contributed by atoms with Gasteiger partial charge in [-0.15, -0.1) is 0 Å². The van der Waals surface area contributed by atoms with Crippen molar-refractivity contribution in [3.8, 4) is 6.07 Å². The van der Waals surface area contributed by atoms with Crippen LogP contribution in [0.5, 0.6) is 0 Å². The number of carboxylic acids is 2. The summed E-state index contributed by atoms with van der Waals surface area (Å²) < 4.78 is 47.6. The molecule has 2 heterocycles. The SMILES string of the molecule is CC(C)(C)CC1NC(C(=O)O)C(c2cccc(Cl)c2F)C1(C#N)c1ccc(Br)cn1.O=C(O)C(F)(F)F. The standard InChI is InChI=1S/C22H22BrClFN3O2.C2HF3O2/c1-21(2,3)9-16-22(11-26,15-8-7-12(23)10-27-15)17(19(28-16)20(29)30)13-5-4-6-14(24)18(13)25;3-2(4,5)1(6)7/h4-8,10,16-17,19,28H,9H2,1-3H3,(H,29,30);(H,6,7). The lowest BCUT2D eigenvalue weighted by Crippen LogP contribution is -2.44. The van der Waals surface area contributed by atoms with Crippen LogP contribution in [0.2, 0.25) is 5.02 Å². The van der Waals surface area contributed by atoms with Crippen LogP contribution in [0.4, 0.5) is 17.6 Å². The van der Waals surface area contributed by atoms with Crippen LogP contribution in [0.25, 0.3) is 0 Å². The van der Waals surface area contributed by atoms with Crippen LogP contribution in [0, 0.1) is 22.6 Å². The molecule has 0 radical (unpaired) electrons. The normalized spacial score (nSPS) is 23.5. The first-order valence-electron chi connectivity index (χ1n) is 10.7. The highest BCUT2D eigenvalue weighted by Crippen LogP contribution is 2.51. The summed E-state index contributed by atoms with van der Waals surface area (Å²) in [6, 6.07) is 8.49. The van der Waals surface area contributed by atoms with Crippen molar-refractivity contribution in [3.63, 3.8) is 0 Å². The fourth-order valence-electron chi connectivity index (χ4n) is 4.32. The van der Waals surface area contributed by atoms with Crippen LogP contribution in [0.1, 0.15) is 44.4 Å². The minimum Gasteiger partial charge on any atom is -0.480 e. The molecule has 200 valence electrons. The number of benzene rings is 1. The largest absolute Gasteiger partial charge is 0.490 e. The minimum atomic E-state index is -5.08. The zero-order valence-electron chi connectivity index (χ0n) is 19.8. The van der Waals surface area contributed by atoms with Gasteiger partial charge in [0.1, 0.15) is 17.3 Å². The van der Waals surface area contributed by atoms with Crippen molar-refractivity contribution in [3.05, 3.63) is 63.1 Å². The number of aliphatic carboxylic acids is 2. The summed E-state index contributed by atoms with van der Waals surface area (Å²) in [4.78, 5) is 25.6. The molecule has 4 unspecified atom stereocenters. The molecule has 0 bridgehead atoms. The number of rotatable bonds is 4. The number of carboxylic acid groups (broad SMARTS) is 2. The molecule has 13 heteroatoms. The van der Waals surface area contributed by atoms with Crippen LogP contribution >= 0.6 is 27.5 Å². The highest BCUT2D eigenvalue weighted by atomic mass is 79.9. The van der Waals surface area contributed by atoms with E-state index in [9.17, 15) is 28.3 Å². The number of hydrogen-bond acceptors (Lipinski definition) is 5. The van der Waals surface area contributed by atoms with E-state index in [-0.39, 0.29) is 16.0 Å². The number of alkyl halides is 3. The Bertz CT molecular complexity index is 1200. The Kier molecular flexibility index (Phi) is 9.33. The van der Waals surface area contributed by atoms with Gasteiger partial charge in [-0.1, -0.05) is 44.5 Å². The molecular weight excluding hydrogens is 586 g/mol. The Hall–Kier alpha value is -2.75. The maximum Gasteiger partial charge on any atom is 0.490 e. The number of aromatic nitrogens is 1. The summed E-state index contributed by atoms with van der Waals surface area (Å²) in [6.07, 6.45) is -3.04. The molecule has 3 N–H and O–H groups in total. The van der Waals surface area contributed by atoms with Crippen molar-refractivity contribution in [2.75, 3.05) is 0 Å². The second-order valence-corrected chi connectivity index (χ2v) is 10.9. The monoisotopic (exact) mass is 607 g/mol. The molecule has 1 fully saturated rings. The molecule has 1 aliphatic rings. The van der Waals surface area contributed by atoms with Crippen molar-refractivity contribution in [1.29, 1.82) is 5.26 Å². The summed E-state index contributed by atoms with van der Waals surface area (Å²) in [5.41, 5.74) is -1.16. The number of nitrogens with one attached hydrogen (secondary N) is 1. The summed E-state index contributed by atoms with van der Waals surface area (Å²) in [6.45, 7) is 6.03. The summed E-state index contributed by atoms with van der Waals surface area (Å²) in [5, 5.41) is 30.6. The summed E-state index contributed by atoms with van der Waals surface area (Å²) in [7, 11) is 0. The van der Waals surface area contributed by atoms with Crippen LogP contribution in [-0.4, -0.2) is 45.4 Å². The zero-order chi connectivity index (χ0) is 28.3. The van der Waals surface area contributed by atoms with Crippen molar-refractivity contribution < 1.29 is 37.4 Å². The van der Waals surface area contributed by atoms with E-state index in [0.717, 1.165) is 4.47 Å². The predicted molar refractivity (Wildman–Crippen MR) is 129 cm³/mol. The lowest BCUT2D eigenvalue weighted by Gasteiger charge is -2.36. The van der Waals surface area contributed by atoms with Crippen molar-refractivity contribution in [2.45, 2.75) is 56.8 Å². The fraction of sp³-hybridized carbons (Fsp3) is 0.417. The van der Waals surface area contributed by atoms with Crippen molar-refractivity contribution >= 4 is 39.5 Å². The molecule has 0 spiro atoms. The molecule has 4 atom stereocenters. The average Bonchev–Trinajstić information content (AvgIpc) is 3.09. The maximum absolute atomic E-state index is 15.1. The van der Waals surface area contributed by atoms with Gasteiger partial charge in [-0.05, 0) is 51.5 Å². The first kappa shape index (κ1) is 30.5. The Labute approximate surface area is 223 Å².